The molecule has 10 nitrogen and oxygen atoms in total. The van der Waals surface area contributed by atoms with Gasteiger partial charge in [0.1, 0.15) is 0 Å². The van der Waals surface area contributed by atoms with Gasteiger partial charge in [-0.05, 0) is 77.4 Å². The van der Waals surface area contributed by atoms with Crippen molar-refractivity contribution in [2.75, 3.05) is 33.2 Å². The van der Waals surface area contributed by atoms with E-state index in [1.807, 2.05) is 49.4 Å². The predicted molar refractivity (Wildman–Crippen MR) is 150 cm³/mol. The number of carbonyl (C=O) groups excluding carboxylic acids is 2. The molecular weight excluding hydrogens is 494 g/mol. The molecule has 3 aromatic heterocycles. The van der Waals surface area contributed by atoms with Crippen LogP contribution in [-0.4, -0.2) is 74.6 Å². The van der Waals surface area contributed by atoms with Gasteiger partial charge in [-0.3, -0.25) is 14.4 Å². The molecule has 2 aliphatic heterocycles. The summed E-state index contributed by atoms with van der Waals surface area (Å²) >= 11 is 0. The first-order valence-corrected chi connectivity index (χ1v) is 13.6. The minimum absolute atomic E-state index is 0.0629. The van der Waals surface area contributed by atoms with Crippen molar-refractivity contribution in [3.8, 4) is 0 Å². The van der Waals surface area contributed by atoms with Crippen LogP contribution in [0.1, 0.15) is 65.6 Å². The van der Waals surface area contributed by atoms with E-state index in [0.717, 1.165) is 36.3 Å². The maximum Gasteiger partial charge on any atom is 0.253 e. The van der Waals surface area contributed by atoms with Crippen LogP contribution in [0.15, 0.2) is 29.2 Å². The molecule has 2 amide bonds. The van der Waals surface area contributed by atoms with Gasteiger partial charge in [0, 0.05) is 43.5 Å². The number of aromatic nitrogens is 4. The van der Waals surface area contributed by atoms with E-state index < -0.39 is 0 Å². The van der Waals surface area contributed by atoms with Crippen molar-refractivity contribution in [3.63, 3.8) is 0 Å². The highest BCUT2D eigenvalue weighted by Gasteiger charge is 2.31. The van der Waals surface area contributed by atoms with Gasteiger partial charge < -0.3 is 20.1 Å². The zero-order valence-corrected chi connectivity index (χ0v) is 23.4. The molecule has 1 fully saturated rings. The second-order valence-electron chi connectivity index (χ2n) is 11.1. The summed E-state index contributed by atoms with van der Waals surface area (Å²) in [5.41, 5.74) is 4.79. The third kappa shape index (κ3) is 5.38. The zero-order chi connectivity index (χ0) is 27.8. The normalized spacial score (nSPS) is 18.2. The molecule has 1 atom stereocenters. The summed E-state index contributed by atoms with van der Waals surface area (Å²) in [6.07, 6.45) is 5.31. The molecule has 0 spiro atoms. The number of amides is 2. The number of rotatable bonds is 6. The fraction of sp³-hybridized carbons (Fsp3) is 0.483. The van der Waals surface area contributed by atoms with Gasteiger partial charge in [-0.15, -0.1) is 0 Å². The number of carbonyl (C=O) groups is 2. The molecule has 206 valence electrons. The number of H-pyrrole nitrogens is 1. The van der Waals surface area contributed by atoms with Crippen LogP contribution in [0.3, 0.4) is 0 Å². The van der Waals surface area contributed by atoms with Crippen LogP contribution in [0.5, 0.6) is 0 Å². The Hall–Kier alpha value is -3.79. The molecule has 39 heavy (non-hydrogen) atoms. The molecule has 3 aromatic rings. The Kier molecular flexibility index (Phi) is 7.40. The van der Waals surface area contributed by atoms with E-state index in [9.17, 15) is 14.4 Å². The van der Waals surface area contributed by atoms with E-state index in [1.54, 1.807) is 6.20 Å². The van der Waals surface area contributed by atoms with Gasteiger partial charge in [-0.2, -0.15) is 5.10 Å². The summed E-state index contributed by atoms with van der Waals surface area (Å²) in [4.78, 5) is 50.8. The first-order valence-electron chi connectivity index (χ1n) is 13.6. The maximum atomic E-state index is 13.5. The Bertz CT molecular complexity index is 1520. The lowest BCUT2D eigenvalue weighted by molar-refractivity contribution is -0.134. The summed E-state index contributed by atoms with van der Waals surface area (Å²) in [5, 5.41) is 8.11. The quantitative estimate of drug-likeness (QED) is 0.505. The second kappa shape index (κ2) is 10.8. The Balaban J connectivity index is 1.42. The lowest BCUT2D eigenvalue weighted by Gasteiger charge is -2.29. The molecule has 1 unspecified atom stereocenters. The van der Waals surface area contributed by atoms with Crippen molar-refractivity contribution in [3.05, 3.63) is 62.8 Å². The van der Waals surface area contributed by atoms with Crippen molar-refractivity contribution in [1.29, 1.82) is 0 Å². The number of nitrogens with zero attached hydrogens (tertiary/aromatic N) is 5. The first-order chi connectivity index (χ1) is 18.6. The van der Waals surface area contributed by atoms with Crippen LogP contribution in [0.2, 0.25) is 0 Å². The third-order valence-electron chi connectivity index (χ3n) is 7.81. The van der Waals surface area contributed by atoms with Gasteiger partial charge >= 0.3 is 0 Å². The summed E-state index contributed by atoms with van der Waals surface area (Å²) in [7, 11) is 2.05. The number of fused-ring (bicyclic) bond motifs is 1. The largest absolute Gasteiger partial charge is 0.348 e. The average molecular weight is 532 g/mol. The van der Waals surface area contributed by atoms with Gasteiger partial charge in [0.2, 0.25) is 5.91 Å². The monoisotopic (exact) mass is 531 g/mol. The van der Waals surface area contributed by atoms with Crippen LogP contribution in [0.25, 0.3) is 16.6 Å². The number of hydrogen-bond donors (Lipinski definition) is 2. The molecule has 5 rings (SSSR count). The minimum atomic E-state index is -0.287. The molecule has 5 heterocycles. The molecule has 0 saturated carbocycles. The maximum absolute atomic E-state index is 13.5. The number of aromatic amines is 1. The molecule has 2 aliphatic rings. The van der Waals surface area contributed by atoms with Crippen LogP contribution in [-0.2, 0) is 11.3 Å². The van der Waals surface area contributed by atoms with E-state index in [2.05, 4.69) is 33.4 Å². The van der Waals surface area contributed by atoms with Crippen molar-refractivity contribution in [2.24, 2.45) is 5.92 Å². The third-order valence-corrected chi connectivity index (χ3v) is 7.81. The van der Waals surface area contributed by atoms with E-state index in [1.165, 1.54) is 0 Å². The second-order valence-corrected chi connectivity index (χ2v) is 11.1. The number of aryl methyl sites for hydroxylation is 2. The van der Waals surface area contributed by atoms with Gasteiger partial charge in [0.15, 0.2) is 5.65 Å². The van der Waals surface area contributed by atoms with E-state index in [4.69, 9.17) is 4.98 Å². The Morgan fingerprint density at radius 2 is 2.00 bits per heavy atom. The number of pyridine rings is 2. The fourth-order valence-electron chi connectivity index (χ4n) is 5.61. The summed E-state index contributed by atoms with van der Waals surface area (Å²) in [5.74, 6) is 0.00168. The molecule has 1 saturated heterocycles. The first kappa shape index (κ1) is 26.8. The summed E-state index contributed by atoms with van der Waals surface area (Å²) in [6.45, 7) is 10.8. The highest BCUT2D eigenvalue weighted by molar-refractivity contribution is 6.06. The van der Waals surface area contributed by atoms with Crippen molar-refractivity contribution in [1.82, 2.24) is 34.9 Å². The molecule has 10 heteroatoms. The summed E-state index contributed by atoms with van der Waals surface area (Å²) in [6, 6.07) is 3.77. The SMILES string of the molecule is Cc1cc(C)c(CNC(=O)c2cc(C3=CCN(C(=O)C4CCN(C)C4)CC3)nc3c2cnn3C(C)C)c(=O)[nH]1. The van der Waals surface area contributed by atoms with Crippen molar-refractivity contribution < 1.29 is 9.59 Å². The number of likely N-dealkylation sites (tertiary alicyclic amines) is 1. The van der Waals surface area contributed by atoms with E-state index >= 15 is 0 Å². The Labute approximate surface area is 228 Å². The van der Waals surface area contributed by atoms with E-state index in [0.29, 0.717) is 47.4 Å². The Morgan fingerprint density at radius 3 is 2.64 bits per heavy atom. The van der Waals surface area contributed by atoms with Gasteiger partial charge in [-0.25, -0.2) is 9.67 Å². The highest BCUT2D eigenvalue weighted by atomic mass is 16.2. The molecule has 0 bridgehead atoms. The smallest absolute Gasteiger partial charge is 0.253 e. The van der Waals surface area contributed by atoms with Crippen LogP contribution in [0, 0.1) is 19.8 Å². The predicted octanol–water partition coefficient (Wildman–Crippen LogP) is 2.81. The lowest BCUT2D eigenvalue weighted by atomic mass is 9.99. The van der Waals surface area contributed by atoms with Crippen LogP contribution >= 0.6 is 0 Å². The Morgan fingerprint density at radius 1 is 1.21 bits per heavy atom. The van der Waals surface area contributed by atoms with Gasteiger partial charge in [0.05, 0.1) is 28.8 Å². The molecule has 0 aliphatic carbocycles. The van der Waals surface area contributed by atoms with Crippen molar-refractivity contribution >= 4 is 28.4 Å². The minimum Gasteiger partial charge on any atom is -0.348 e. The number of hydrogen-bond acceptors (Lipinski definition) is 6. The average Bonchev–Trinajstić information content (AvgIpc) is 3.53. The molecule has 0 radical (unpaired) electrons. The van der Waals surface area contributed by atoms with Gasteiger partial charge in [-0.1, -0.05) is 6.08 Å². The summed E-state index contributed by atoms with van der Waals surface area (Å²) < 4.78 is 1.82. The van der Waals surface area contributed by atoms with E-state index in [-0.39, 0.29) is 35.9 Å². The highest BCUT2D eigenvalue weighted by Crippen LogP contribution is 2.28. The zero-order valence-electron chi connectivity index (χ0n) is 23.4. The van der Waals surface area contributed by atoms with Gasteiger partial charge in [0.25, 0.3) is 11.5 Å². The van der Waals surface area contributed by atoms with Crippen LogP contribution in [0.4, 0.5) is 0 Å². The van der Waals surface area contributed by atoms with Crippen LogP contribution < -0.4 is 10.9 Å². The molecular formula is C29H37N7O3. The number of nitrogens with one attached hydrogen (secondary N) is 2. The lowest BCUT2D eigenvalue weighted by Crippen LogP contribution is -2.39. The topological polar surface area (TPSA) is 116 Å². The van der Waals surface area contributed by atoms with Crippen molar-refractivity contribution in [2.45, 2.75) is 53.1 Å². The molecule has 0 aromatic carbocycles. The fourth-order valence-corrected chi connectivity index (χ4v) is 5.61. The standard InChI is InChI=1S/C29H37N7O3/c1-17(2)36-26-24(15-31-36)22(27(37)30-14-23-18(3)12-19(4)32-28(23)38)13-25(33-26)20-7-10-35(11-8-20)29(39)21-6-9-34(5)16-21/h7,12-13,15,17,21H,6,8-11,14,16H2,1-5H3,(H,30,37)(H,32,38). The molecule has 2 N–H and O–H groups in total.